The highest BCUT2D eigenvalue weighted by molar-refractivity contribution is 6.24. The Balaban J connectivity index is 1.13. The summed E-state index contributed by atoms with van der Waals surface area (Å²) in [6.07, 6.45) is 0. The van der Waals surface area contributed by atoms with Gasteiger partial charge in [0.25, 0.3) is 0 Å². The second-order valence-corrected chi connectivity index (χ2v) is 14.1. The second-order valence-electron chi connectivity index (χ2n) is 14.1. The molecule has 3 nitrogen and oxygen atoms in total. The van der Waals surface area contributed by atoms with Crippen molar-refractivity contribution in [3.63, 3.8) is 0 Å². The third-order valence-electron chi connectivity index (χ3n) is 10.9. The monoisotopic (exact) mass is 702 g/mol. The summed E-state index contributed by atoms with van der Waals surface area (Å²) in [4.78, 5) is 2.30. The zero-order valence-corrected chi connectivity index (χ0v) is 29.9. The average molecular weight is 703 g/mol. The van der Waals surface area contributed by atoms with Gasteiger partial charge in [0.15, 0.2) is 0 Å². The molecule has 0 saturated heterocycles. The SMILES string of the molecule is c1ccc(N(c2ccccc2)c2ccc(-c3ccc4c5c(-c6ccc7c(c6)oc6ccccc67)cc6ccccc6c5n(-c5ccccc5)c4c3)cc2)cc1. The molecule has 0 unspecified atom stereocenters. The van der Waals surface area contributed by atoms with Crippen LogP contribution in [-0.4, -0.2) is 4.57 Å². The van der Waals surface area contributed by atoms with Crippen LogP contribution in [0.4, 0.5) is 17.1 Å². The van der Waals surface area contributed by atoms with Crippen LogP contribution in [0, 0.1) is 0 Å². The number of para-hydroxylation sites is 4. The van der Waals surface area contributed by atoms with Gasteiger partial charge in [-0.05, 0) is 107 Å². The molecule has 0 spiro atoms. The van der Waals surface area contributed by atoms with E-state index in [4.69, 9.17) is 4.42 Å². The Morgan fingerprint density at radius 1 is 0.382 bits per heavy atom. The minimum atomic E-state index is 0.899. The molecule has 0 atom stereocenters. The van der Waals surface area contributed by atoms with E-state index in [1.54, 1.807) is 0 Å². The highest BCUT2D eigenvalue weighted by atomic mass is 16.3. The lowest BCUT2D eigenvalue weighted by atomic mass is 9.94. The molecular formula is C52H34N2O. The fourth-order valence-electron chi connectivity index (χ4n) is 8.43. The van der Waals surface area contributed by atoms with Crippen LogP contribution in [0.2, 0.25) is 0 Å². The molecule has 9 aromatic carbocycles. The van der Waals surface area contributed by atoms with E-state index in [0.29, 0.717) is 0 Å². The standard InChI is InChI=1S/C52H34N2O/c1-4-15-39(16-5-1)53(40-17-6-2-7-18-40)42-28-24-35(25-29-42)36-26-31-46-48(33-36)54(41-19-8-3-9-20-41)52-43-21-11-10-14-37(43)32-47(51(46)52)38-27-30-45-44-22-12-13-23-49(44)55-50(45)34-38/h1-34H. The number of aromatic nitrogens is 1. The average Bonchev–Trinajstić information content (AvgIpc) is 3.80. The lowest BCUT2D eigenvalue weighted by molar-refractivity contribution is 0.669. The van der Waals surface area contributed by atoms with Gasteiger partial charge in [-0.3, -0.25) is 0 Å². The van der Waals surface area contributed by atoms with Crippen LogP contribution in [0.25, 0.3) is 82.5 Å². The maximum absolute atomic E-state index is 6.41. The van der Waals surface area contributed by atoms with Crippen LogP contribution in [0.15, 0.2) is 211 Å². The van der Waals surface area contributed by atoms with Crippen molar-refractivity contribution in [3.8, 4) is 27.9 Å². The highest BCUT2D eigenvalue weighted by Gasteiger charge is 2.21. The van der Waals surface area contributed by atoms with Crippen molar-refractivity contribution in [2.75, 3.05) is 4.90 Å². The lowest BCUT2D eigenvalue weighted by Gasteiger charge is -2.25. The molecule has 2 heterocycles. The van der Waals surface area contributed by atoms with E-state index in [2.05, 4.69) is 204 Å². The van der Waals surface area contributed by atoms with Gasteiger partial charge in [-0.25, -0.2) is 0 Å². The van der Waals surface area contributed by atoms with E-state index in [-0.39, 0.29) is 0 Å². The Morgan fingerprint density at radius 2 is 0.945 bits per heavy atom. The minimum absolute atomic E-state index is 0.899. The number of hydrogen-bond acceptors (Lipinski definition) is 2. The van der Waals surface area contributed by atoms with Crippen LogP contribution >= 0.6 is 0 Å². The van der Waals surface area contributed by atoms with Crippen molar-refractivity contribution in [2.45, 2.75) is 0 Å². The van der Waals surface area contributed by atoms with Crippen molar-refractivity contribution < 1.29 is 4.42 Å². The Kier molecular flexibility index (Phi) is 7.17. The van der Waals surface area contributed by atoms with E-state index in [1.807, 2.05) is 12.1 Å². The Bertz CT molecular complexity index is 3140. The summed E-state index contributed by atoms with van der Waals surface area (Å²) in [5.74, 6) is 0. The van der Waals surface area contributed by atoms with Crippen molar-refractivity contribution in [3.05, 3.63) is 206 Å². The number of benzene rings is 9. The summed E-state index contributed by atoms with van der Waals surface area (Å²) in [5.41, 5.74) is 13.3. The fraction of sp³-hybridized carbons (Fsp3) is 0. The first-order valence-corrected chi connectivity index (χ1v) is 18.8. The molecular weight excluding hydrogens is 669 g/mol. The fourth-order valence-corrected chi connectivity index (χ4v) is 8.43. The van der Waals surface area contributed by atoms with Crippen LogP contribution in [0.1, 0.15) is 0 Å². The Morgan fingerprint density at radius 3 is 1.69 bits per heavy atom. The molecule has 0 saturated carbocycles. The van der Waals surface area contributed by atoms with Gasteiger partial charge in [0.05, 0.1) is 11.0 Å². The maximum Gasteiger partial charge on any atom is 0.136 e. The summed E-state index contributed by atoms with van der Waals surface area (Å²) in [5, 5.41) is 7.14. The quantitative estimate of drug-likeness (QED) is 0.172. The van der Waals surface area contributed by atoms with Crippen LogP contribution in [-0.2, 0) is 0 Å². The van der Waals surface area contributed by atoms with E-state index >= 15 is 0 Å². The Labute approximate surface area is 318 Å². The molecule has 0 N–H and O–H groups in total. The molecule has 0 bridgehead atoms. The molecule has 2 aromatic heterocycles. The first kappa shape index (κ1) is 31.2. The van der Waals surface area contributed by atoms with Gasteiger partial charge in [0, 0.05) is 49.7 Å². The predicted octanol–water partition coefficient (Wildman–Crippen LogP) is 14.6. The zero-order valence-electron chi connectivity index (χ0n) is 29.9. The predicted molar refractivity (Wildman–Crippen MR) is 231 cm³/mol. The largest absolute Gasteiger partial charge is 0.456 e. The summed E-state index contributed by atoms with van der Waals surface area (Å²) in [7, 11) is 0. The van der Waals surface area contributed by atoms with E-state index in [1.165, 1.54) is 43.7 Å². The summed E-state index contributed by atoms with van der Waals surface area (Å²) >= 11 is 0. The molecule has 0 aliphatic heterocycles. The molecule has 0 aliphatic carbocycles. The summed E-state index contributed by atoms with van der Waals surface area (Å²) < 4.78 is 8.86. The van der Waals surface area contributed by atoms with Crippen molar-refractivity contribution >= 4 is 71.6 Å². The highest BCUT2D eigenvalue weighted by Crippen LogP contribution is 2.45. The number of anilines is 3. The number of hydrogen-bond donors (Lipinski definition) is 0. The minimum Gasteiger partial charge on any atom is -0.456 e. The van der Waals surface area contributed by atoms with Crippen molar-refractivity contribution in [1.29, 1.82) is 0 Å². The van der Waals surface area contributed by atoms with Gasteiger partial charge >= 0.3 is 0 Å². The van der Waals surface area contributed by atoms with E-state index < -0.39 is 0 Å². The molecule has 3 heteroatoms. The third kappa shape index (κ3) is 5.13. The number of nitrogens with zero attached hydrogens (tertiary/aromatic N) is 2. The molecule has 11 rings (SSSR count). The second kappa shape index (κ2) is 12.6. The third-order valence-corrected chi connectivity index (χ3v) is 10.9. The normalized spacial score (nSPS) is 11.6. The van der Waals surface area contributed by atoms with Crippen LogP contribution in [0.3, 0.4) is 0 Å². The van der Waals surface area contributed by atoms with Gasteiger partial charge < -0.3 is 13.9 Å². The van der Waals surface area contributed by atoms with E-state index in [0.717, 1.165) is 55.8 Å². The molecule has 0 aliphatic rings. The Hall–Kier alpha value is -7.36. The number of rotatable bonds is 6. The molecule has 258 valence electrons. The van der Waals surface area contributed by atoms with Gasteiger partial charge in [0.2, 0.25) is 0 Å². The summed E-state index contributed by atoms with van der Waals surface area (Å²) in [6.45, 7) is 0. The molecule has 11 aromatic rings. The topological polar surface area (TPSA) is 21.3 Å². The van der Waals surface area contributed by atoms with Gasteiger partial charge in [0.1, 0.15) is 11.2 Å². The number of furan rings is 1. The first-order valence-electron chi connectivity index (χ1n) is 18.8. The maximum atomic E-state index is 6.41. The first-order chi connectivity index (χ1) is 27.3. The van der Waals surface area contributed by atoms with Gasteiger partial charge in [-0.2, -0.15) is 0 Å². The van der Waals surface area contributed by atoms with Gasteiger partial charge in [-0.15, -0.1) is 0 Å². The smallest absolute Gasteiger partial charge is 0.136 e. The number of fused-ring (bicyclic) bond motifs is 8. The molecule has 55 heavy (non-hydrogen) atoms. The molecule has 0 amide bonds. The molecule has 0 fully saturated rings. The lowest BCUT2D eigenvalue weighted by Crippen LogP contribution is -2.09. The van der Waals surface area contributed by atoms with Crippen LogP contribution in [0.5, 0.6) is 0 Å². The summed E-state index contributed by atoms with van der Waals surface area (Å²) in [6, 6.07) is 73.9. The van der Waals surface area contributed by atoms with Gasteiger partial charge in [-0.1, -0.05) is 127 Å². The van der Waals surface area contributed by atoms with E-state index in [9.17, 15) is 0 Å². The van der Waals surface area contributed by atoms with Crippen molar-refractivity contribution in [2.24, 2.45) is 0 Å². The zero-order chi connectivity index (χ0) is 36.3. The molecule has 0 radical (unpaired) electrons. The van der Waals surface area contributed by atoms with Crippen LogP contribution < -0.4 is 4.90 Å². The van der Waals surface area contributed by atoms with Crippen molar-refractivity contribution in [1.82, 2.24) is 4.57 Å².